The van der Waals surface area contributed by atoms with E-state index in [2.05, 4.69) is 15.4 Å². The van der Waals surface area contributed by atoms with Crippen LogP contribution in [0, 0.1) is 0 Å². The van der Waals surface area contributed by atoms with Crippen molar-refractivity contribution < 1.29 is 14.3 Å². The fraction of sp³-hybridized carbons (Fsp3) is 0.200. The number of fused-ring (bicyclic) bond motifs is 1. The Kier molecular flexibility index (Phi) is 4.76. The van der Waals surface area contributed by atoms with E-state index in [0.29, 0.717) is 17.2 Å². The lowest BCUT2D eigenvalue weighted by atomic mass is 10.1. The molecular weight excluding hydrogens is 360 g/mol. The van der Waals surface area contributed by atoms with E-state index >= 15 is 0 Å². The molecule has 1 unspecified atom stereocenters. The molecule has 3 aromatic rings. The summed E-state index contributed by atoms with van der Waals surface area (Å²) < 4.78 is 11.9. The molecule has 28 heavy (non-hydrogen) atoms. The van der Waals surface area contributed by atoms with Gasteiger partial charge in [-0.2, -0.15) is 5.10 Å². The first-order valence-corrected chi connectivity index (χ1v) is 8.79. The predicted octanol–water partition coefficient (Wildman–Crippen LogP) is 1.91. The van der Waals surface area contributed by atoms with Crippen LogP contribution in [0.25, 0.3) is 11.3 Å². The zero-order valence-electron chi connectivity index (χ0n) is 15.2. The van der Waals surface area contributed by atoms with Crippen LogP contribution in [0.2, 0.25) is 0 Å². The molecule has 1 aliphatic rings. The van der Waals surface area contributed by atoms with Crippen LogP contribution in [0.4, 0.5) is 0 Å². The van der Waals surface area contributed by atoms with E-state index in [9.17, 15) is 9.59 Å². The number of amides is 1. The number of aromatic nitrogens is 3. The molecule has 0 fully saturated rings. The van der Waals surface area contributed by atoms with E-state index < -0.39 is 6.04 Å². The highest BCUT2D eigenvalue weighted by Gasteiger charge is 2.19. The average molecular weight is 378 g/mol. The number of rotatable bonds is 5. The normalized spacial score (nSPS) is 13.2. The summed E-state index contributed by atoms with van der Waals surface area (Å²) in [6, 6.07) is 13.1. The SMILES string of the molecule is CC(C(=O)NCc1ccccn1)n1nc(-c2ccc3c(c2)OCO3)ccc1=O. The van der Waals surface area contributed by atoms with E-state index in [4.69, 9.17) is 9.47 Å². The molecule has 0 radical (unpaired) electrons. The van der Waals surface area contributed by atoms with Crippen LogP contribution in [0.15, 0.2) is 59.5 Å². The van der Waals surface area contributed by atoms with Crippen molar-refractivity contribution in [3.8, 4) is 22.8 Å². The Morgan fingerprint density at radius 2 is 2.04 bits per heavy atom. The monoisotopic (exact) mass is 378 g/mol. The fourth-order valence-corrected chi connectivity index (χ4v) is 2.85. The third-order valence-corrected chi connectivity index (χ3v) is 4.41. The molecule has 0 saturated heterocycles. The van der Waals surface area contributed by atoms with Crippen molar-refractivity contribution in [1.82, 2.24) is 20.1 Å². The number of carbonyl (C=O) groups is 1. The minimum absolute atomic E-state index is 0.180. The third-order valence-electron chi connectivity index (χ3n) is 4.41. The first-order valence-electron chi connectivity index (χ1n) is 8.79. The van der Waals surface area contributed by atoms with Gasteiger partial charge in [0.25, 0.3) is 5.56 Å². The standard InChI is InChI=1S/C20H18N4O4/c1-13(20(26)22-11-15-4-2-3-9-21-15)24-19(25)8-6-16(23-24)14-5-7-17-18(10-14)28-12-27-17/h2-10,13H,11-12H2,1H3,(H,22,26). The molecule has 0 spiro atoms. The van der Waals surface area contributed by atoms with Crippen molar-refractivity contribution >= 4 is 5.91 Å². The van der Waals surface area contributed by atoms with E-state index in [0.717, 1.165) is 11.3 Å². The van der Waals surface area contributed by atoms with Gasteiger partial charge in [-0.05, 0) is 43.3 Å². The number of pyridine rings is 1. The summed E-state index contributed by atoms with van der Waals surface area (Å²) in [5.41, 5.74) is 1.70. The van der Waals surface area contributed by atoms with Gasteiger partial charge in [-0.1, -0.05) is 6.07 Å². The summed E-state index contributed by atoms with van der Waals surface area (Å²) in [5, 5.41) is 7.16. The lowest BCUT2D eigenvalue weighted by Gasteiger charge is -2.15. The quantitative estimate of drug-likeness (QED) is 0.729. The molecule has 1 amide bonds. The maximum Gasteiger partial charge on any atom is 0.267 e. The van der Waals surface area contributed by atoms with Crippen LogP contribution < -0.4 is 20.3 Å². The van der Waals surface area contributed by atoms with Crippen molar-refractivity contribution in [3.05, 3.63) is 70.8 Å². The Morgan fingerprint density at radius 1 is 1.18 bits per heavy atom. The van der Waals surface area contributed by atoms with E-state index in [1.807, 2.05) is 18.2 Å². The Morgan fingerprint density at radius 3 is 2.86 bits per heavy atom. The fourth-order valence-electron chi connectivity index (χ4n) is 2.85. The highest BCUT2D eigenvalue weighted by molar-refractivity contribution is 5.79. The second-order valence-electron chi connectivity index (χ2n) is 6.28. The molecule has 0 aliphatic carbocycles. The maximum atomic E-state index is 12.5. The number of carbonyl (C=O) groups excluding carboxylic acids is 1. The summed E-state index contributed by atoms with van der Waals surface area (Å²) in [6.07, 6.45) is 1.66. The van der Waals surface area contributed by atoms with Crippen LogP contribution in [0.1, 0.15) is 18.7 Å². The van der Waals surface area contributed by atoms with Gasteiger partial charge >= 0.3 is 0 Å². The molecule has 142 valence electrons. The molecular formula is C20H18N4O4. The van der Waals surface area contributed by atoms with Crippen molar-refractivity contribution in [3.63, 3.8) is 0 Å². The van der Waals surface area contributed by atoms with Crippen molar-refractivity contribution in [1.29, 1.82) is 0 Å². The topological polar surface area (TPSA) is 95.3 Å². The van der Waals surface area contributed by atoms with E-state index in [1.54, 1.807) is 37.4 Å². The van der Waals surface area contributed by atoms with Gasteiger partial charge < -0.3 is 14.8 Å². The van der Waals surface area contributed by atoms with Crippen LogP contribution in [-0.4, -0.2) is 27.5 Å². The summed E-state index contributed by atoms with van der Waals surface area (Å²) >= 11 is 0. The molecule has 0 bridgehead atoms. The highest BCUT2D eigenvalue weighted by atomic mass is 16.7. The number of benzene rings is 1. The second-order valence-corrected chi connectivity index (χ2v) is 6.28. The van der Waals surface area contributed by atoms with Gasteiger partial charge in [0, 0.05) is 17.8 Å². The summed E-state index contributed by atoms with van der Waals surface area (Å²) in [6.45, 7) is 2.09. The smallest absolute Gasteiger partial charge is 0.267 e. The molecule has 1 atom stereocenters. The largest absolute Gasteiger partial charge is 0.454 e. The molecule has 4 rings (SSSR count). The van der Waals surface area contributed by atoms with Crippen LogP contribution in [0.5, 0.6) is 11.5 Å². The lowest BCUT2D eigenvalue weighted by Crippen LogP contribution is -2.36. The van der Waals surface area contributed by atoms with Gasteiger partial charge in [-0.15, -0.1) is 0 Å². The van der Waals surface area contributed by atoms with Crippen LogP contribution in [0.3, 0.4) is 0 Å². The third kappa shape index (κ3) is 3.57. The number of nitrogens with one attached hydrogen (secondary N) is 1. The lowest BCUT2D eigenvalue weighted by molar-refractivity contribution is -0.124. The second kappa shape index (κ2) is 7.51. The summed E-state index contributed by atoms with van der Waals surface area (Å²) in [5.74, 6) is 0.973. The Balaban J connectivity index is 1.54. The van der Waals surface area contributed by atoms with Gasteiger partial charge in [0.05, 0.1) is 17.9 Å². The zero-order valence-corrected chi connectivity index (χ0v) is 15.2. The molecule has 3 heterocycles. The van der Waals surface area contributed by atoms with Gasteiger partial charge in [0.1, 0.15) is 6.04 Å². The first-order chi connectivity index (χ1) is 13.6. The molecule has 8 heteroatoms. The Hall–Kier alpha value is -3.68. The minimum Gasteiger partial charge on any atom is -0.454 e. The van der Waals surface area contributed by atoms with Crippen molar-refractivity contribution in [2.45, 2.75) is 19.5 Å². The van der Waals surface area contributed by atoms with E-state index in [1.165, 1.54) is 10.7 Å². The van der Waals surface area contributed by atoms with Crippen molar-refractivity contribution in [2.24, 2.45) is 0 Å². The average Bonchev–Trinajstić information content (AvgIpc) is 3.20. The zero-order chi connectivity index (χ0) is 19.5. The maximum absolute atomic E-state index is 12.5. The highest BCUT2D eigenvalue weighted by Crippen LogP contribution is 2.35. The van der Waals surface area contributed by atoms with Gasteiger partial charge in [0.15, 0.2) is 11.5 Å². The van der Waals surface area contributed by atoms with Crippen LogP contribution >= 0.6 is 0 Å². The van der Waals surface area contributed by atoms with Gasteiger partial charge in [-0.25, -0.2) is 4.68 Å². The predicted molar refractivity (Wildman–Crippen MR) is 101 cm³/mol. The number of hydrogen-bond donors (Lipinski definition) is 1. The Bertz CT molecular complexity index is 1070. The molecule has 1 aromatic carbocycles. The molecule has 0 saturated carbocycles. The molecule has 2 aromatic heterocycles. The number of nitrogens with zero attached hydrogens (tertiary/aromatic N) is 3. The summed E-state index contributed by atoms with van der Waals surface area (Å²) in [4.78, 5) is 28.9. The Labute approximate surface area is 160 Å². The molecule has 1 N–H and O–H groups in total. The first kappa shape index (κ1) is 17.7. The number of hydrogen-bond acceptors (Lipinski definition) is 6. The molecule has 1 aliphatic heterocycles. The number of ether oxygens (including phenoxy) is 2. The van der Waals surface area contributed by atoms with Crippen LogP contribution in [-0.2, 0) is 11.3 Å². The summed E-state index contributed by atoms with van der Waals surface area (Å²) in [7, 11) is 0. The minimum atomic E-state index is -0.773. The van der Waals surface area contributed by atoms with Gasteiger partial charge in [0.2, 0.25) is 12.7 Å². The van der Waals surface area contributed by atoms with Crippen molar-refractivity contribution in [2.75, 3.05) is 6.79 Å². The molecule has 8 nitrogen and oxygen atoms in total. The van der Waals surface area contributed by atoms with Gasteiger partial charge in [-0.3, -0.25) is 14.6 Å². The van der Waals surface area contributed by atoms with E-state index in [-0.39, 0.29) is 24.8 Å².